The Morgan fingerprint density at radius 1 is 0.368 bits per heavy atom. The third-order valence-corrected chi connectivity index (χ3v) is 17.7. The number of hydrogen-bond acceptors (Lipinski definition) is 15. The van der Waals surface area contributed by atoms with Crippen molar-refractivity contribution < 1.29 is 71.9 Å². The zero-order chi connectivity index (χ0) is 76.9. The van der Waals surface area contributed by atoms with E-state index in [1.807, 2.05) is 24.3 Å². The molecule has 0 fully saturated rings. The van der Waals surface area contributed by atoms with Gasteiger partial charge < -0.3 is 43.0 Å². The summed E-state index contributed by atoms with van der Waals surface area (Å²) in [7, 11) is 0. The number of carbonyl (C=O) groups excluding carboxylic acids is 4. The number of rotatable bonds is 52. The first-order valence-corrected chi connectivity index (χ1v) is 38.0. The molecule has 6 aromatic carbocycles. The minimum atomic E-state index is -0.753. The number of esters is 4. The Hall–Kier alpha value is -9.77. The number of aryl methyl sites for hydroxylation is 8. The smallest absolute Gasteiger partial charge is 0.333 e. The first-order valence-electron chi connectivity index (χ1n) is 38.0. The van der Waals surface area contributed by atoms with Crippen LogP contribution in [0.2, 0.25) is 0 Å². The Morgan fingerprint density at radius 3 is 0.991 bits per heavy atom. The number of benzene rings is 6. The molecule has 17 heteroatoms. The summed E-state index contributed by atoms with van der Waals surface area (Å²) in [5.41, 5.74) is 15.4. The fourth-order valence-electron chi connectivity index (χ4n) is 11.9. The standard InChI is InChI=1S/C45H58O8.C44H57NO8/c1-6-36-18-11-12-21-41(36)39-31-37(19-15-29-52-44(48)33(2)3)43(38(32-39)20-16-30-53-45(49)34(4)5)51-28-14-7-9-17-35-23-25-40(26-24-35)50-27-13-8-10-22-42(46)47;1-6-36-18-10-11-21-41(36)39-31-37(19-15-29-52-43(46)33(2)3)42(38(32-39)20-16-30-53-44(47)34(4)5)51-28-13-7-9-17-35-22-24-40(25-23-35)50-27-14-8-12-26-45(48)49/h11-12,18,21,23-26,31-32H,2,4,6-10,13-17,19-20,22,27-30H2,1,3,5H3,(H,46,47);10-11,18,21-25,31-32H,2,4,6-9,12-17,19-20,26-30H2,1,3,5H3. The highest BCUT2D eigenvalue weighted by molar-refractivity contribution is 5.88. The summed E-state index contributed by atoms with van der Waals surface area (Å²) in [6.45, 7) is 29.0. The monoisotopic (exact) mass is 1450 g/mol. The molecule has 106 heavy (non-hydrogen) atoms. The van der Waals surface area contributed by atoms with Crippen LogP contribution in [0.1, 0.15) is 195 Å². The summed E-state index contributed by atoms with van der Waals surface area (Å²) in [6.07, 6.45) is 19.5. The topological polar surface area (TPSA) is 223 Å². The van der Waals surface area contributed by atoms with E-state index in [9.17, 15) is 34.1 Å². The Labute approximate surface area is 629 Å². The van der Waals surface area contributed by atoms with Gasteiger partial charge in [0.05, 0.1) is 52.9 Å². The molecule has 0 aliphatic rings. The van der Waals surface area contributed by atoms with E-state index < -0.39 is 5.97 Å². The maximum Gasteiger partial charge on any atom is 0.333 e. The maximum atomic E-state index is 12.0. The molecule has 0 spiro atoms. The van der Waals surface area contributed by atoms with Crippen LogP contribution in [0.5, 0.6) is 23.0 Å². The van der Waals surface area contributed by atoms with Crippen molar-refractivity contribution in [2.75, 3.05) is 59.4 Å². The van der Waals surface area contributed by atoms with Crippen LogP contribution in [0.4, 0.5) is 0 Å². The minimum absolute atomic E-state index is 0.0112. The number of carboxylic acids is 1. The van der Waals surface area contributed by atoms with Crippen LogP contribution in [0.25, 0.3) is 22.3 Å². The highest BCUT2D eigenvalue weighted by atomic mass is 16.6. The van der Waals surface area contributed by atoms with E-state index in [-0.39, 0.29) is 68.2 Å². The number of hydrogen-bond donors (Lipinski definition) is 1. The molecule has 0 bridgehead atoms. The van der Waals surface area contributed by atoms with Crippen molar-refractivity contribution in [1.29, 1.82) is 0 Å². The molecule has 0 saturated carbocycles. The van der Waals surface area contributed by atoms with Crippen LogP contribution in [0, 0.1) is 10.1 Å². The van der Waals surface area contributed by atoms with Crippen molar-refractivity contribution in [2.24, 2.45) is 0 Å². The second-order valence-electron chi connectivity index (χ2n) is 27.0. The van der Waals surface area contributed by atoms with Crippen molar-refractivity contribution in [3.8, 4) is 45.3 Å². The third kappa shape index (κ3) is 33.6. The Bertz CT molecular complexity index is 3420. The van der Waals surface area contributed by atoms with E-state index in [1.165, 1.54) is 33.4 Å². The maximum absolute atomic E-state index is 12.0. The van der Waals surface area contributed by atoms with E-state index in [1.54, 1.807) is 27.7 Å². The molecule has 0 saturated heterocycles. The fraction of sp³-hybridized carbons (Fsp3) is 0.449. The van der Waals surface area contributed by atoms with E-state index in [4.69, 9.17) is 43.0 Å². The first-order chi connectivity index (χ1) is 51.2. The largest absolute Gasteiger partial charge is 0.494 e. The molecule has 1 N–H and O–H groups in total. The predicted molar refractivity (Wildman–Crippen MR) is 421 cm³/mol. The number of nitrogens with zero attached hydrogens (tertiary/aromatic N) is 1. The fourth-order valence-corrected chi connectivity index (χ4v) is 11.9. The molecule has 0 unspecified atom stereocenters. The van der Waals surface area contributed by atoms with Gasteiger partial charge in [0.2, 0.25) is 6.54 Å². The highest BCUT2D eigenvalue weighted by Gasteiger charge is 2.20. The van der Waals surface area contributed by atoms with Crippen LogP contribution in [-0.2, 0) is 94.3 Å². The Balaban J connectivity index is 0.000000381. The van der Waals surface area contributed by atoms with Crippen molar-refractivity contribution in [2.45, 2.75) is 202 Å². The number of nitro groups is 1. The van der Waals surface area contributed by atoms with Gasteiger partial charge in [-0.25, -0.2) is 19.2 Å². The number of carboxylic acid groups (broad SMARTS) is 1. The second kappa shape index (κ2) is 49.9. The number of unbranched alkanes of at least 4 members (excludes halogenated alkanes) is 8. The van der Waals surface area contributed by atoms with Gasteiger partial charge in [-0.3, -0.25) is 14.9 Å². The average molecular weight is 1450 g/mol. The van der Waals surface area contributed by atoms with E-state index in [0.717, 1.165) is 146 Å². The molecule has 572 valence electrons. The average Bonchev–Trinajstić information content (AvgIpc) is 0.804. The zero-order valence-corrected chi connectivity index (χ0v) is 63.9. The SMILES string of the molecule is C=C(C)C(=O)OCCCc1cc(-c2ccccc2CC)cc(CCCOC(=O)C(=C)C)c1OCCCCCc1ccc(OCCCCCC(=O)O)cc1.C=C(C)C(=O)OCCCc1cc(-c2ccccc2CC)cc(CCCOC(=O)C(=C)C)c1OCCCCCc1ccc(OCCCCC[N+](=O)[O-])cc1. The minimum Gasteiger partial charge on any atom is -0.494 e. The van der Waals surface area contributed by atoms with Crippen LogP contribution >= 0.6 is 0 Å². The van der Waals surface area contributed by atoms with Crippen LogP contribution in [0.15, 0.2) is 170 Å². The van der Waals surface area contributed by atoms with Gasteiger partial charge in [0, 0.05) is 40.1 Å². The molecule has 17 nitrogen and oxygen atoms in total. The number of carbonyl (C=O) groups is 5. The quantitative estimate of drug-likeness (QED) is 0.00936. The van der Waals surface area contributed by atoms with Crippen LogP contribution in [0.3, 0.4) is 0 Å². The molecule has 0 radical (unpaired) electrons. The normalized spacial score (nSPS) is 10.8. The van der Waals surface area contributed by atoms with Gasteiger partial charge in [-0.15, -0.1) is 0 Å². The molecule has 6 rings (SSSR count). The van der Waals surface area contributed by atoms with Gasteiger partial charge in [0.25, 0.3) is 0 Å². The molecule has 0 amide bonds. The molecule has 0 atom stereocenters. The molecular weight excluding hydrogens is 1340 g/mol. The molecule has 6 aromatic rings. The summed E-state index contributed by atoms with van der Waals surface area (Å²) in [5.74, 6) is 1.06. The van der Waals surface area contributed by atoms with Gasteiger partial charge in [0.15, 0.2) is 0 Å². The Kier molecular flexibility index (Phi) is 40.9. The number of ether oxygens (including phenoxy) is 8. The van der Waals surface area contributed by atoms with E-state index in [0.29, 0.717) is 113 Å². The third-order valence-electron chi connectivity index (χ3n) is 17.7. The predicted octanol–water partition coefficient (Wildman–Crippen LogP) is 19.5. The zero-order valence-electron chi connectivity index (χ0n) is 63.9. The summed E-state index contributed by atoms with van der Waals surface area (Å²) >= 11 is 0. The lowest BCUT2D eigenvalue weighted by molar-refractivity contribution is -0.480. The molecule has 0 aliphatic heterocycles. The van der Waals surface area contributed by atoms with Gasteiger partial charge >= 0.3 is 29.8 Å². The molecular formula is C89H115NO16. The van der Waals surface area contributed by atoms with Gasteiger partial charge in [-0.05, 0) is 291 Å². The highest BCUT2D eigenvalue weighted by Crippen LogP contribution is 2.37. The van der Waals surface area contributed by atoms with Gasteiger partial charge in [0.1, 0.15) is 23.0 Å². The van der Waals surface area contributed by atoms with E-state index >= 15 is 0 Å². The van der Waals surface area contributed by atoms with Gasteiger partial charge in [-0.1, -0.05) is 113 Å². The molecule has 0 aromatic heterocycles. The van der Waals surface area contributed by atoms with Crippen molar-refractivity contribution >= 4 is 29.8 Å². The lowest BCUT2D eigenvalue weighted by atomic mass is 9.91. The first kappa shape index (κ1) is 86.9. The van der Waals surface area contributed by atoms with Crippen molar-refractivity contribution in [3.63, 3.8) is 0 Å². The summed E-state index contributed by atoms with van der Waals surface area (Å²) in [6, 6.07) is 42.1. The Morgan fingerprint density at radius 2 is 0.679 bits per heavy atom. The van der Waals surface area contributed by atoms with Crippen LogP contribution < -0.4 is 18.9 Å². The van der Waals surface area contributed by atoms with Crippen molar-refractivity contribution in [3.05, 3.63) is 225 Å². The van der Waals surface area contributed by atoms with Crippen LogP contribution in [-0.4, -0.2) is 99.3 Å². The lowest BCUT2D eigenvalue weighted by Gasteiger charge is -2.20. The lowest BCUT2D eigenvalue weighted by Crippen LogP contribution is -2.10. The molecule has 0 aliphatic carbocycles. The second-order valence-corrected chi connectivity index (χ2v) is 27.0. The number of aliphatic carboxylic acids is 1. The molecule has 0 heterocycles. The van der Waals surface area contributed by atoms with Crippen molar-refractivity contribution in [1.82, 2.24) is 0 Å². The summed E-state index contributed by atoms with van der Waals surface area (Å²) < 4.78 is 46.5. The van der Waals surface area contributed by atoms with Gasteiger partial charge in [-0.2, -0.15) is 0 Å². The van der Waals surface area contributed by atoms with E-state index in [2.05, 4.69) is 137 Å². The summed E-state index contributed by atoms with van der Waals surface area (Å²) in [5, 5.41) is 19.2. The summed E-state index contributed by atoms with van der Waals surface area (Å²) in [4.78, 5) is 68.9.